The summed E-state index contributed by atoms with van der Waals surface area (Å²) in [6.07, 6.45) is 1.34. The highest BCUT2D eigenvalue weighted by Gasteiger charge is 2.21. The molecule has 3 rings (SSSR count). The molecule has 0 aliphatic carbocycles. The smallest absolute Gasteiger partial charge is 0.322 e. The average Bonchev–Trinajstić information content (AvgIpc) is 2.70. The van der Waals surface area contributed by atoms with Crippen molar-refractivity contribution in [3.8, 4) is 6.07 Å². The van der Waals surface area contributed by atoms with Crippen LogP contribution in [0.2, 0.25) is 0 Å². The van der Waals surface area contributed by atoms with E-state index in [2.05, 4.69) is 10.3 Å². The first-order chi connectivity index (χ1) is 13.7. The summed E-state index contributed by atoms with van der Waals surface area (Å²) in [5.74, 6) is -2.97. The SMILES string of the molecule is C[C@@H](c1c[nH]c(=O)c2cc(F)c(F)cc12)N(C)C(=O)Nc1ccc(F)c(C#N)c1. The number of pyridine rings is 1. The molecular formula is C20H15F3N4O2. The summed E-state index contributed by atoms with van der Waals surface area (Å²) in [5.41, 5.74) is -0.195. The number of rotatable bonds is 3. The van der Waals surface area contributed by atoms with Crippen molar-refractivity contribution in [1.82, 2.24) is 9.88 Å². The molecule has 2 N–H and O–H groups in total. The van der Waals surface area contributed by atoms with E-state index in [4.69, 9.17) is 5.26 Å². The number of benzene rings is 2. The number of aromatic amines is 1. The van der Waals surface area contributed by atoms with Crippen LogP contribution in [0, 0.1) is 28.8 Å². The van der Waals surface area contributed by atoms with Gasteiger partial charge in [-0.15, -0.1) is 0 Å². The molecular weight excluding hydrogens is 385 g/mol. The van der Waals surface area contributed by atoms with Gasteiger partial charge < -0.3 is 15.2 Å². The fourth-order valence-electron chi connectivity index (χ4n) is 2.90. The molecule has 6 nitrogen and oxygen atoms in total. The third-order valence-corrected chi connectivity index (χ3v) is 4.66. The van der Waals surface area contributed by atoms with Crippen LogP contribution in [0.5, 0.6) is 0 Å². The van der Waals surface area contributed by atoms with E-state index in [9.17, 15) is 22.8 Å². The highest BCUT2D eigenvalue weighted by Crippen LogP contribution is 2.27. The Morgan fingerprint density at radius 1 is 1.14 bits per heavy atom. The van der Waals surface area contributed by atoms with Gasteiger partial charge in [0.05, 0.1) is 17.0 Å². The lowest BCUT2D eigenvalue weighted by molar-refractivity contribution is 0.208. The topological polar surface area (TPSA) is 89.0 Å². The first-order valence-electron chi connectivity index (χ1n) is 8.46. The quantitative estimate of drug-likeness (QED) is 0.695. The zero-order valence-corrected chi connectivity index (χ0v) is 15.4. The lowest BCUT2D eigenvalue weighted by atomic mass is 10.0. The highest BCUT2D eigenvalue weighted by atomic mass is 19.2. The Balaban J connectivity index is 1.92. The standard InChI is InChI=1S/C20H15F3N4O2/c1-10(15-9-25-19(28)14-7-18(23)17(22)6-13(14)15)27(2)20(29)26-12-3-4-16(21)11(5-12)8-24/h3-7,9-10H,1-2H3,(H,25,28)(H,26,29)/t10-/m0/s1. The van der Waals surface area contributed by atoms with Crippen LogP contribution in [0.4, 0.5) is 23.7 Å². The van der Waals surface area contributed by atoms with E-state index in [1.54, 1.807) is 13.0 Å². The number of fused-ring (bicyclic) bond motifs is 1. The number of amides is 2. The van der Waals surface area contributed by atoms with Gasteiger partial charge in [0.1, 0.15) is 11.9 Å². The van der Waals surface area contributed by atoms with Crippen molar-refractivity contribution >= 4 is 22.5 Å². The number of nitrogens with one attached hydrogen (secondary N) is 2. The van der Waals surface area contributed by atoms with E-state index in [-0.39, 0.29) is 22.0 Å². The lowest BCUT2D eigenvalue weighted by Crippen LogP contribution is -2.34. The second-order valence-corrected chi connectivity index (χ2v) is 6.41. The van der Waals surface area contributed by atoms with Crippen molar-refractivity contribution in [1.29, 1.82) is 5.26 Å². The highest BCUT2D eigenvalue weighted by molar-refractivity contribution is 5.91. The monoisotopic (exact) mass is 400 g/mol. The fraction of sp³-hybridized carbons (Fsp3) is 0.150. The molecule has 0 unspecified atom stereocenters. The van der Waals surface area contributed by atoms with Crippen molar-refractivity contribution in [2.45, 2.75) is 13.0 Å². The van der Waals surface area contributed by atoms with Crippen molar-refractivity contribution < 1.29 is 18.0 Å². The number of anilines is 1. The number of halogens is 3. The number of H-pyrrole nitrogens is 1. The number of hydrogen-bond acceptors (Lipinski definition) is 3. The molecule has 3 aromatic rings. The molecule has 0 radical (unpaired) electrons. The van der Waals surface area contributed by atoms with Gasteiger partial charge in [-0.05, 0) is 48.2 Å². The van der Waals surface area contributed by atoms with Crippen LogP contribution in [-0.4, -0.2) is 23.0 Å². The van der Waals surface area contributed by atoms with Gasteiger partial charge in [0.25, 0.3) is 5.56 Å². The number of urea groups is 1. The molecule has 2 aromatic carbocycles. The third-order valence-electron chi connectivity index (χ3n) is 4.66. The van der Waals surface area contributed by atoms with E-state index in [0.717, 1.165) is 18.2 Å². The van der Waals surface area contributed by atoms with E-state index in [1.165, 1.54) is 30.3 Å². The molecule has 1 heterocycles. The summed E-state index contributed by atoms with van der Waals surface area (Å²) >= 11 is 0. The summed E-state index contributed by atoms with van der Waals surface area (Å²) in [5, 5.41) is 11.6. The van der Waals surface area contributed by atoms with Gasteiger partial charge in [0, 0.05) is 18.9 Å². The minimum absolute atomic E-state index is 0.0424. The predicted molar refractivity (Wildman–Crippen MR) is 101 cm³/mol. The average molecular weight is 400 g/mol. The molecule has 1 atom stereocenters. The van der Waals surface area contributed by atoms with Crippen LogP contribution in [0.1, 0.15) is 24.1 Å². The normalized spacial score (nSPS) is 11.7. The van der Waals surface area contributed by atoms with Crippen LogP contribution in [0.15, 0.2) is 41.3 Å². The first kappa shape index (κ1) is 19.9. The maximum absolute atomic E-state index is 13.7. The maximum atomic E-state index is 13.7. The Morgan fingerprint density at radius 3 is 2.45 bits per heavy atom. The summed E-state index contributed by atoms with van der Waals surface area (Å²) in [4.78, 5) is 28.2. The molecule has 0 saturated heterocycles. The molecule has 0 aliphatic heterocycles. The maximum Gasteiger partial charge on any atom is 0.322 e. The second kappa shape index (κ2) is 7.67. The van der Waals surface area contributed by atoms with Crippen molar-refractivity contribution in [3.05, 3.63) is 75.5 Å². The number of carbonyl (C=O) groups excluding carboxylic acids is 1. The van der Waals surface area contributed by atoms with Crippen LogP contribution < -0.4 is 10.9 Å². The van der Waals surface area contributed by atoms with Crippen LogP contribution >= 0.6 is 0 Å². The Kier molecular flexibility index (Phi) is 5.28. The fourth-order valence-corrected chi connectivity index (χ4v) is 2.90. The third kappa shape index (κ3) is 3.78. The number of hydrogen-bond donors (Lipinski definition) is 2. The number of nitrogens with zero attached hydrogens (tertiary/aromatic N) is 2. The van der Waals surface area contributed by atoms with Gasteiger partial charge in [-0.3, -0.25) is 4.79 Å². The molecule has 1 aromatic heterocycles. The number of aromatic nitrogens is 1. The van der Waals surface area contributed by atoms with Gasteiger partial charge in [-0.2, -0.15) is 5.26 Å². The van der Waals surface area contributed by atoms with Gasteiger partial charge in [-0.1, -0.05) is 0 Å². The van der Waals surface area contributed by atoms with Gasteiger partial charge in [-0.25, -0.2) is 18.0 Å². The molecule has 148 valence electrons. The van der Waals surface area contributed by atoms with E-state index >= 15 is 0 Å². The van der Waals surface area contributed by atoms with Crippen LogP contribution in [0.25, 0.3) is 10.8 Å². The Bertz CT molecular complexity index is 1220. The minimum Gasteiger partial charge on any atom is -0.328 e. The molecule has 2 amide bonds. The Hall–Kier alpha value is -3.80. The summed E-state index contributed by atoms with van der Waals surface area (Å²) in [6.45, 7) is 1.64. The summed E-state index contributed by atoms with van der Waals surface area (Å²) < 4.78 is 40.7. The summed E-state index contributed by atoms with van der Waals surface area (Å²) in [7, 11) is 1.46. The first-order valence-corrected chi connectivity index (χ1v) is 8.46. The van der Waals surface area contributed by atoms with Crippen LogP contribution in [0.3, 0.4) is 0 Å². The Morgan fingerprint density at radius 2 is 1.79 bits per heavy atom. The van der Waals surface area contributed by atoms with Crippen molar-refractivity contribution in [3.63, 3.8) is 0 Å². The largest absolute Gasteiger partial charge is 0.328 e. The molecule has 0 saturated carbocycles. The van der Waals surface area contributed by atoms with E-state index in [0.29, 0.717) is 5.56 Å². The molecule has 0 fully saturated rings. The van der Waals surface area contributed by atoms with Crippen LogP contribution in [-0.2, 0) is 0 Å². The second-order valence-electron chi connectivity index (χ2n) is 6.41. The van der Waals surface area contributed by atoms with Crippen molar-refractivity contribution in [2.24, 2.45) is 0 Å². The summed E-state index contributed by atoms with van der Waals surface area (Å²) in [6, 6.07) is 5.73. The van der Waals surface area contributed by atoms with E-state index in [1.807, 2.05) is 0 Å². The number of nitriles is 1. The molecule has 0 aliphatic rings. The minimum atomic E-state index is -1.15. The molecule has 0 spiro atoms. The molecule has 0 bridgehead atoms. The molecule has 9 heteroatoms. The van der Waals surface area contributed by atoms with Gasteiger partial charge >= 0.3 is 6.03 Å². The predicted octanol–water partition coefficient (Wildman–Crippen LogP) is 4.04. The number of carbonyl (C=O) groups is 1. The van der Waals surface area contributed by atoms with Gasteiger partial charge in [0.15, 0.2) is 11.6 Å². The van der Waals surface area contributed by atoms with Crippen molar-refractivity contribution in [2.75, 3.05) is 12.4 Å². The zero-order valence-electron chi connectivity index (χ0n) is 15.4. The van der Waals surface area contributed by atoms with Gasteiger partial charge in [0.2, 0.25) is 0 Å². The van der Waals surface area contributed by atoms with E-state index < -0.39 is 35.1 Å². The zero-order chi connectivity index (χ0) is 21.3. The molecule has 29 heavy (non-hydrogen) atoms. The Labute approximate surface area is 163 Å². The lowest BCUT2D eigenvalue weighted by Gasteiger charge is -2.26.